The lowest BCUT2D eigenvalue weighted by Gasteiger charge is -2.28. The zero-order chi connectivity index (χ0) is 31.7. The van der Waals surface area contributed by atoms with Gasteiger partial charge in [-0.05, 0) is 81.4 Å². The number of anilines is 1. The molecule has 1 atom stereocenters. The first-order valence-electron chi connectivity index (χ1n) is 16.1. The van der Waals surface area contributed by atoms with Crippen LogP contribution in [0.4, 0.5) is 14.5 Å². The summed E-state index contributed by atoms with van der Waals surface area (Å²) in [5.74, 6) is -0.876. The number of halogens is 2. The summed E-state index contributed by atoms with van der Waals surface area (Å²) < 4.78 is 40.2. The molecule has 7 rings (SSSR count). The molecule has 0 spiro atoms. The van der Waals surface area contributed by atoms with Crippen LogP contribution in [0.3, 0.4) is 0 Å². The van der Waals surface area contributed by atoms with Crippen molar-refractivity contribution in [1.29, 1.82) is 0 Å². The number of ether oxygens (including phenoxy) is 2. The van der Waals surface area contributed by atoms with Gasteiger partial charge in [-0.2, -0.15) is 0 Å². The monoisotopic (exact) mass is 629 g/mol. The van der Waals surface area contributed by atoms with E-state index in [1.807, 2.05) is 18.2 Å². The third kappa shape index (κ3) is 6.33. The first-order chi connectivity index (χ1) is 22.4. The minimum absolute atomic E-state index is 0.0446. The molecule has 0 radical (unpaired) electrons. The van der Waals surface area contributed by atoms with Gasteiger partial charge in [-0.25, -0.2) is 8.78 Å². The van der Waals surface area contributed by atoms with Gasteiger partial charge in [0.05, 0.1) is 35.9 Å². The molecule has 3 aliphatic carbocycles. The Morgan fingerprint density at radius 1 is 0.978 bits per heavy atom. The van der Waals surface area contributed by atoms with E-state index < -0.39 is 29.4 Å². The number of rotatable bonds is 8. The average molecular weight is 630 g/mol. The fraction of sp³-hybridized carbons (Fsp3) is 0.429. The number of hydrogen-bond donors (Lipinski definition) is 2. The summed E-state index contributed by atoms with van der Waals surface area (Å²) in [6, 6.07) is 11.1. The van der Waals surface area contributed by atoms with Crippen LogP contribution in [0.25, 0.3) is 22.2 Å². The maximum absolute atomic E-state index is 15.3. The van der Waals surface area contributed by atoms with Gasteiger partial charge in [-0.1, -0.05) is 12.1 Å². The Balaban J connectivity index is 0.979. The van der Waals surface area contributed by atoms with Gasteiger partial charge in [-0.15, -0.1) is 0 Å². The first-order valence-corrected chi connectivity index (χ1v) is 16.1. The summed E-state index contributed by atoms with van der Waals surface area (Å²) >= 11 is 0. The Morgan fingerprint density at radius 3 is 2.43 bits per heavy atom. The van der Waals surface area contributed by atoms with E-state index in [4.69, 9.17) is 9.47 Å². The Kier molecular flexibility index (Phi) is 8.42. The molecule has 3 fully saturated rings. The highest BCUT2D eigenvalue weighted by molar-refractivity contribution is 6.08. The van der Waals surface area contributed by atoms with Crippen molar-refractivity contribution < 1.29 is 27.8 Å². The molecule has 0 bridgehead atoms. The summed E-state index contributed by atoms with van der Waals surface area (Å²) in [4.78, 5) is 37.5. The van der Waals surface area contributed by atoms with Gasteiger partial charge in [0.1, 0.15) is 17.3 Å². The molecule has 1 aromatic carbocycles. The normalized spacial score (nSPS) is 24.0. The predicted molar refractivity (Wildman–Crippen MR) is 169 cm³/mol. The molecule has 9 nitrogen and oxygen atoms in total. The molecule has 3 heterocycles. The third-order valence-electron chi connectivity index (χ3n) is 9.41. The minimum atomic E-state index is -1.13. The van der Waals surface area contributed by atoms with E-state index >= 15 is 4.39 Å². The predicted octanol–water partition coefficient (Wildman–Crippen LogP) is 5.32. The summed E-state index contributed by atoms with van der Waals surface area (Å²) in [7, 11) is 0. The highest BCUT2D eigenvalue weighted by atomic mass is 19.1. The van der Waals surface area contributed by atoms with Gasteiger partial charge in [0.2, 0.25) is 11.8 Å². The topological polar surface area (TPSA) is 106 Å². The number of aromatic nitrogens is 2. The lowest BCUT2D eigenvalue weighted by atomic mass is 9.93. The molecule has 3 aromatic rings. The zero-order valence-corrected chi connectivity index (χ0v) is 25.5. The molecule has 1 saturated heterocycles. The molecule has 240 valence electrons. The van der Waals surface area contributed by atoms with Crippen molar-refractivity contribution >= 4 is 28.4 Å². The number of carbonyl (C=O) groups is 2. The summed E-state index contributed by atoms with van der Waals surface area (Å²) in [6.45, 7) is 3.19. The van der Waals surface area contributed by atoms with E-state index in [0.29, 0.717) is 61.6 Å². The fourth-order valence-corrected chi connectivity index (χ4v) is 6.41. The number of nitrogens with one attached hydrogen (secondary N) is 2. The van der Waals surface area contributed by atoms with Crippen LogP contribution in [-0.2, 0) is 14.3 Å². The van der Waals surface area contributed by atoms with Crippen molar-refractivity contribution in [2.24, 2.45) is 5.41 Å². The lowest BCUT2D eigenvalue weighted by Crippen LogP contribution is -2.49. The molecule has 2 amide bonds. The highest BCUT2D eigenvalue weighted by Gasteiger charge is 2.57. The Hall–Kier alpha value is -4.38. The SMILES string of the molecule is O=C(NC1C=C(F)C(Oc2ccnc3cc(-c4ccc(N5CCOCC5)cc4)ncc23)=CC1)C1(C(=O)NC2CCC(F)CC2)CC1. The number of amides is 2. The fourth-order valence-electron chi connectivity index (χ4n) is 6.41. The van der Waals surface area contributed by atoms with Gasteiger partial charge in [0.15, 0.2) is 11.6 Å². The standard InChI is InChI=1S/C35H37F2N5O4/c36-23-3-5-24(6-4-23)40-33(43)35(12-13-35)34(44)41-25-7-10-32(28(37)19-25)46-31-11-14-38-30-20-29(39-21-27(30)31)22-1-8-26(9-2-22)42-15-17-45-18-16-42/h1-2,8-11,14,19-21,23-25H,3-7,12-13,15-18H2,(H,40,43)(H,41,44). The number of allylic oxidation sites excluding steroid dienone is 1. The van der Waals surface area contributed by atoms with E-state index in [1.165, 1.54) is 6.08 Å². The molecule has 2 aromatic heterocycles. The van der Waals surface area contributed by atoms with Crippen molar-refractivity contribution in [2.75, 3.05) is 31.2 Å². The molecule has 4 aliphatic rings. The molecular weight excluding hydrogens is 592 g/mol. The van der Waals surface area contributed by atoms with Crippen LogP contribution >= 0.6 is 0 Å². The summed E-state index contributed by atoms with van der Waals surface area (Å²) in [5, 5.41) is 6.41. The zero-order valence-electron chi connectivity index (χ0n) is 25.5. The minimum Gasteiger partial charge on any atom is -0.454 e. The van der Waals surface area contributed by atoms with Crippen LogP contribution in [0.2, 0.25) is 0 Å². The van der Waals surface area contributed by atoms with E-state index in [9.17, 15) is 14.0 Å². The van der Waals surface area contributed by atoms with Crippen molar-refractivity contribution in [3.8, 4) is 17.0 Å². The number of hydrogen-bond acceptors (Lipinski definition) is 7. The van der Waals surface area contributed by atoms with Crippen LogP contribution in [-0.4, -0.2) is 66.3 Å². The number of morpholine rings is 1. The molecule has 2 saturated carbocycles. The van der Waals surface area contributed by atoms with E-state index in [-0.39, 0.29) is 17.7 Å². The number of pyridine rings is 2. The second-order valence-corrected chi connectivity index (χ2v) is 12.5. The molecule has 1 aliphatic heterocycles. The van der Waals surface area contributed by atoms with Crippen molar-refractivity contribution in [3.05, 3.63) is 72.5 Å². The Morgan fingerprint density at radius 2 is 1.72 bits per heavy atom. The van der Waals surface area contributed by atoms with Gasteiger partial charge in [-0.3, -0.25) is 19.6 Å². The smallest absolute Gasteiger partial charge is 0.236 e. The second-order valence-electron chi connectivity index (χ2n) is 12.5. The van der Waals surface area contributed by atoms with Crippen molar-refractivity contribution in [3.63, 3.8) is 0 Å². The molecule has 1 unspecified atom stereocenters. The van der Waals surface area contributed by atoms with Crippen LogP contribution in [0.1, 0.15) is 44.9 Å². The number of fused-ring (bicyclic) bond motifs is 1. The van der Waals surface area contributed by atoms with Crippen molar-refractivity contribution in [1.82, 2.24) is 20.6 Å². The van der Waals surface area contributed by atoms with Crippen molar-refractivity contribution in [2.45, 2.75) is 63.2 Å². The third-order valence-corrected chi connectivity index (χ3v) is 9.41. The molecule has 11 heteroatoms. The lowest BCUT2D eigenvalue weighted by molar-refractivity contribution is -0.138. The number of alkyl halides is 1. The second kappa shape index (κ2) is 12.8. The van der Waals surface area contributed by atoms with Gasteiger partial charge < -0.3 is 25.0 Å². The van der Waals surface area contributed by atoms with Crippen LogP contribution < -0.4 is 20.3 Å². The Labute approximate surface area is 266 Å². The largest absolute Gasteiger partial charge is 0.454 e. The number of nitrogens with zero attached hydrogens (tertiary/aromatic N) is 3. The maximum atomic E-state index is 15.3. The molecular formula is C35H37F2N5O4. The number of carbonyl (C=O) groups excluding carboxylic acids is 2. The molecule has 46 heavy (non-hydrogen) atoms. The van der Waals surface area contributed by atoms with E-state index in [2.05, 4.69) is 37.6 Å². The number of benzene rings is 1. The summed E-state index contributed by atoms with van der Waals surface area (Å²) in [5.41, 5.74) is 2.39. The first kappa shape index (κ1) is 30.3. The van der Waals surface area contributed by atoms with Crippen LogP contribution in [0, 0.1) is 5.41 Å². The molecule has 2 N–H and O–H groups in total. The Bertz CT molecular complexity index is 1680. The quantitative estimate of drug-likeness (QED) is 0.325. The highest BCUT2D eigenvalue weighted by Crippen LogP contribution is 2.47. The van der Waals surface area contributed by atoms with E-state index in [0.717, 1.165) is 43.2 Å². The van der Waals surface area contributed by atoms with Gasteiger partial charge in [0, 0.05) is 42.8 Å². The van der Waals surface area contributed by atoms with Gasteiger partial charge in [0.25, 0.3) is 0 Å². The summed E-state index contributed by atoms with van der Waals surface area (Å²) in [6.07, 6.45) is 8.55. The van der Waals surface area contributed by atoms with Gasteiger partial charge >= 0.3 is 0 Å². The average Bonchev–Trinajstić information content (AvgIpc) is 3.90. The van der Waals surface area contributed by atoms with Crippen LogP contribution in [0.15, 0.2) is 72.5 Å². The van der Waals surface area contributed by atoms with Crippen LogP contribution in [0.5, 0.6) is 5.75 Å². The maximum Gasteiger partial charge on any atom is 0.236 e. The van der Waals surface area contributed by atoms with E-state index in [1.54, 1.807) is 24.5 Å².